The number of nitrogens with one attached hydrogen (secondary N) is 1. The predicted molar refractivity (Wildman–Crippen MR) is 79.6 cm³/mol. The number of carbonyl (C=O) groups excluding carboxylic acids is 1. The zero-order valence-corrected chi connectivity index (χ0v) is 12.0. The van der Waals surface area contributed by atoms with Crippen LogP contribution in [0.2, 0.25) is 0 Å². The number of carbonyl (C=O) groups is 2. The lowest BCUT2D eigenvalue weighted by Gasteiger charge is -2.04. The molecule has 2 N–H and O–H groups in total. The number of halogens is 2. The molecule has 23 heavy (non-hydrogen) atoms. The van der Waals surface area contributed by atoms with E-state index in [1.165, 1.54) is 37.3 Å². The zero-order chi connectivity index (χ0) is 17.0. The van der Waals surface area contributed by atoms with Crippen LogP contribution < -0.4 is 5.43 Å². The van der Waals surface area contributed by atoms with Gasteiger partial charge in [0.2, 0.25) is 0 Å². The topological polar surface area (TPSA) is 78.8 Å². The molecule has 0 spiro atoms. The van der Waals surface area contributed by atoms with Gasteiger partial charge >= 0.3 is 5.97 Å². The van der Waals surface area contributed by atoms with Crippen molar-refractivity contribution in [3.63, 3.8) is 0 Å². The number of carboxylic acid groups (broad SMARTS) is 1. The lowest BCUT2D eigenvalue weighted by molar-refractivity contribution is 0.0696. The molecule has 7 heteroatoms. The maximum atomic E-state index is 13.8. The van der Waals surface area contributed by atoms with Gasteiger partial charge in [-0.1, -0.05) is 12.1 Å². The van der Waals surface area contributed by atoms with Crippen LogP contribution in [-0.2, 0) is 0 Å². The summed E-state index contributed by atoms with van der Waals surface area (Å²) in [5.74, 6) is -3.48. The molecule has 0 atom stereocenters. The van der Waals surface area contributed by atoms with E-state index in [0.717, 1.165) is 12.3 Å². The zero-order valence-electron chi connectivity index (χ0n) is 12.0. The minimum Gasteiger partial charge on any atom is -0.478 e. The van der Waals surface area contributed by atoms with Crippen LogP contribution in [0.3, 0.4) is 0 Å². The van der Waals surface area contributed by atoms with Crippen LogP contribution in [0.4, 0.5) is 8.78 Å². The Bertz CT molecular complexity index is 804. The number of aromatic carboxylic acids is 1. The summed E-state index contributed by atoms with van der Waals surface area (Å²) >= 11 is 0. The summed E-state index contributed by atoms with van der Waals surface area (Å²) in [6.07, 6.45) is 1.01. The van der Waals surface area contributed by atoms with Crippen molar-refractivity contribution in [1.82, 2.24) is 5.43 Å². The summed E-state index contributed by atoms with van der Waals surface area (Å²) in [7, 11) is 0. The fourth-order valence-corrected chi connectivity index (χ4v) is 1.81. The van der Waals surface area contributed by atoms with Gasteiger partial charge in [0.05, 0.1) is 17.3 Å². The van der Waals surface area contributed by atoms with Gasteiger partial charge in [0.1, 0.15) is 11.6 Å². The maximum Gasteiger partial charge on any atom is 0.335 e. The highest BCUT2D eigenvalue weighted by Gasteiger charge is 2.12. The van der Waals surface area contributed by atoms with E-state index in [9.17, 15) is 18.4 Å². The van der Waals surface area contributed by atoms with Crippen LogP contribution in [0.5, 0.6) is 0 Å². The fourth-order valence-electron chi connectivity index (χ4n) is 1.81. The van der Waals surface area contributed by atoms with Gasteiger partial charge < -0.3 is 5.11 Å². The van der Waals surface area contributed by atoms with E-state index in [1.807, 2.05) is 0 Å². The Morgan fingerprint density at radius 1 is 1.22 bits per heavy atom. The molecule has 2 aromatic carbocycles. The first-order valence-corrected chi connectivity index (χ1v) is 6.51. The number of hydrogen-bond acceptors (Lipinski definition) is 3. The molecule has 0 aliphatic rings. The Morgan fingerprint density at radius 2 is 1.96 bits per heavy atom. The Morgan fingerprint density at radius 3 is 2.61 bits per heavy atom. The summed E-state index contributed by atoms with van der Waals surface area (Å²) in [6, 6.07) is 7.60. The minimum absolute atomic E-state index is 0.0139. The molecule has 0 bridgehead atoms. The van der Waals surface area contributed by atoms with Crippen molar-refractivity contribution in [2.24, 2.45) is 5.10 Å². The first kappa shape index (κ1) is 16.3. The molecule has 0 saturated carbocycles. The Labute approximate surface area is 130 Å². The average Bonchev–Trinajstić information content (AvgIpc) is 2.51. The van der Waals surface area contributed by atoms with E-state index in [-0.39, 0.29) is 16.7 Å². The van der Waals surface area contributed by atoms with Gasteiger partial charge in [0, 0.05) is 5.56 Å². The summed E-state index contributed by atoms with van der Waals surface area (Å²) in [5, 5.41) is 12.3. The number of hydrazone groups is 1. The summed E-state index contributed by atoms with van der Waals surface area (Å²) < 4.78 is 27.4. The number of aryl methyl sites for hydroxylation is 1. The summed E-state index contributed by atoms with van der Waals surface area (Å²) in [4.78, 5) is 22.5. The van der Waals surface area contributed by atoms with Crippen LogP contribution in [0, 0.1) is 18.6 Å². The van der Waals surface area contributed by atoms with Gasteiger partial charge in [-0.3, -0.25) is 4.79 Å². The molecule has 0 saturated heterocycles. The number of benzene rings is 2. The summed E-state index contributed by atoms with van der Waals surface area (Å²) in [6.45, 7) is 1.52. The molecule has 118 valence electrons. The van der Waals surface area contributed by atoms with Crippen LogP contribution in [0.15, 0.2) is 41.5 Å². The van der Waals surface area contributed by atoms with Crippen molar-refractivity contribution in [2.45, 2.75) is 6.92 Å². The number of hydrogen-bond donors (Lipinski definition) is 2. The largest absolute Gasteiger partial charge is 0.478 e. The molecule has 2 rings (SSSR count). The first-order chi connectivity index (χ1) is 10.9. The van der Waals surface area contributed by atoms with E-state index in [1.54, 1.807) is 0 Å². The number of nitrogens with zero attached hydrogens (tertiary/aromatic N) is 1. The van der Waals surface area contributed by atoms with E-state index in [0.29, 0.717) is 5.56 Å². The van der Waals surface area contributed by atoms with E-state index in [2.05, 4.69) is 10.5 Å². The second kappa shape index (κ2) is 6.78. The maximum absolute atomic E-state index is 13.8. The Hall–Kier alpha value is -3.09. The molecule has 0 radical (unpaired) electrons. The van der Waals surface area contributed by atoms with Crippen molar-refractivity contribution in [3.05, 3.63) is 70.3 Å². The van der Waals surface area contributed by atoms with Gasteiger partial charge in [0.15, 0.2) is 0 Å². The molecular formula is C16H12F2N2O3. The third-order valence-corrected chi connectivity index (χ3v) is 3.05. The van der Waals surface area contributed by atoms with Crippen molar-refractivity contribution >= 4 is 18.1 Å². The number of rotatable bonds is 4. The predicted octanol–water partition coefficient (Wildman–Crippen LogP) is 2.74. The van der Waals surface area contributed by atoms with Gasteiger partial charge in [-0.05, 0) is 36.8 Å². The number of amides is 1. The molecule has 0 aliphatic carbocycles. The lowest BCUT2D eigenvalue weighted by atomic mass is 10.1. The van der Waals surface area contributed by atoms with E-state index < -0.39 is 23.5 Å². The van der Waals surface area contributed by atoms with Gasteiger partial charge in [0.25, 0.3) is 5.91 Å². The van der Waals surface area contributed by atoms with Crippen LogP contribution >= 0.6 is 0 Å². The normalized spacial score (nSPS) is 10.7. The Balaban J connectivity index is 2.11. The standard InChI is InChI=1S/C16H12F2N2O3/c1-9-3-2-4-12(14(9)18)15(21)20-19-8-11-6-5-10(16(22)23)7-13(11)17/h2-8H,1H3,(H,20,21)(H,22,23)/b19-8+. The second-order valence-electron chi connectivity index (χ2n) is 4.68. The van der Waals surface area contributed by atoms with E-state index >= 15 is 0 Å². The highest BCUT2D eigenvalue weighted by molar-refractivity contribution is 5.95. The highest BCUT2D eigenvalue weighted by atomic mass is 19.1. The second-order valence-corrected chi connectivity index (χ2v) is 4.68. The van der Waals surface area contributed by atoms with E-state index in [4.69, 9.17) is 5.11 Å². The molecule has 5 nitrogen and oxygen atoms in total. The van der Waals surface area contributed by atoms with Gasteiger partial charge in [-0.2, -0.15) is 5.10 Å². The SMILES string of the molecule is Cc1cccc(C(=O)N/N=C/c2ccc(C(=O)O)cc2F)c1F. The monoisotopic (exact) mass is 318 g/mol. The fraction of sp³-hybridized carbons (Fsp3) is 0.0625. The third-order valence-electron chi connectivity index (χ3n) is 3.05. The smallest absolute Gasteiger partial charge is 0.335 e. The lowest BCUT2D eigenvalue weighted by Crippen LogP contribution is -2.19. The van der Waals surface area contributed by atoms with Crippen LogP contribution in [0.25, 0.3) is 0 Å². The molecule has 0 fully saturated rings. The van der Waals surface area contributed by atoms with Crippen LogP contribution in [-0.4, -0.2) is 23.2 Å². The summed E-state index contributed by atoms with van der Waals surface area (Å²) in [5.41, 5.74) is 2.01. The molecule has 0 aromatic heterocycles. The van der Waals surface area contributed by atoms with Gasteiger partial charge in [-0.25, -0.2) is 19.0 Å². The molecule has 0 unspecified atom stereocenters. The highest BCUT2D eigenvalue weighted by Crippen LogP contribution is 2.12. The molecule has 0 aliphatic heterocycles. The van der Waals surface area contributed by atoms with Crippen molar-refractivity contribution in [2.75, 3.05) is 0 Å². The van der Waals surface area contributed by atoms with Gasteiger partial charge in [-0.15, -0.1) is 0 Å². The quantitative estimate of drug-likeness (QED) is 0.672. The van der Waals surface area contributed by atoms with Crippen molar-refractivity contribution < 1.29 is 23.5 Å². The molecule has 1 amide bonds. The number of carboxylic acids is 1. The third kappa shape index (κ3) is 3.76. The molecular weight excluding hydrogens is 306 g/mol. The minimum atomic E-state index is -1.25. The molecule has 0 heterocycles. The Kier molecular flexibility index (Phi) is 4.80. The van der Waals surface area contributed by atoms with Crippen LogP contribution in [0.1, 0.15) is 31.8 Å². The van der Waals surface area contributed by atoms with Crippen molar-refractivity contribution in [1.29, 1.82) is 0 Å². The average molecular weight is 318 g/mol. The first-order valence-electron chi connectivity index (χ1n) is 6.51. The van der Waals surface area contributed by atoms with Crippen molar-refractivity contribution in [3.8, 4) is 0 Å². The molecule has 2 aromatic rings.